The van der Waals surface area contributed by atoms with Crippen molar-refractivity contribution >= 4 is 17.5 Å². The zero-order chi connectivity index (χ0) is 21.3. The Balaban J connectivity index is 1.65. The molecule has 2 aromatic rings. The largest absolute Gasteiger partial charge is 0.493 e. The van der Waals surface area contributed by atoms with Gasteiger partial charge in [-0.15, -0.1) is 0 Å². The highest BCUT2D eigenvalue weighted by Gasteiger charge is 2.25. The SMILES string of the molecule is CCCOc1ccc(NC(=O)C(=O)N[C@@H]2CCOc3ccccc32)cc1OCCC. The number of benzene rings is 2. The van der Waals surface area contributed by atoms with E-state index in [4.69, 9.17) is 14.2 Å². The van der Waals surface area contributed by atoms with E-state index in [1.807, 2.05) is 38.1 Å². The van der Waals surface area contributed by atoms with E-state index >= 15 is 0 Å². The first-order valence-electron chi connectivity index (χ1n) is 10.4. The molecular formula is C23H28N2O5. The molecule has 7 nitrogen and oxygen atoms in total. The lowest BCUT2D eigenvalue weighted by molar-refractivity contribution is -0.136. The van der Waals surface area contributed by atoms with Gasteiger partial charge < -0.3 is 24.8 Å². The topological polar surface area (TPSA) is 85.9 Å². The van der Waals surface area contributed by atoms with E-state index < -0.39 is 11.8 Å². The summed E-state index contributed by atoms with van der Waals surface area (Å²) in [5, 5.41) is 5.43. The number of ether oxygens (including phenoxy) is 3. The highest BCUT2D eigenvalue weighted by molar-refractivity contribution is 6.39. The maximum absolute atomic E-state index is 12.5. The van der Waals surface area contributed by atoms with E-state index in [2.05, 4.69) is 10.6 Å². The minimum atomic E-state index is -0.734. The monoisotopic (exact) mass is 412 g/mol. The third-order valence-corrected chi connectivity index (χ3v) is 4.60. The maximum atomic E-state index is 12.5. The van der Waals surface area contributed by atoms with E-state index in [-0.39, 0.29) is 6.04 Å². The zero-order valence-corrected chi connectivity index (χ0v) is 17.4. The molecule has 7 heteroatoms. The Morgan fingerprint density at radius 1 is 1.00 bits per heavy atom. The lowest BCUT2D eigenvalue weighted by atomic mass is 10.0. The molecule has 1 atom stereocenters. The molecule has 0 aromatic heterocycles. The Morgan fingerprint density at radius 2 is 1.73 bits per heavy atom. The van der Waals surface area contributed by atoms with Crippen molar-refractivity contribution in [3.63, 3.8) is 0 Å². The normalized spacial score (nSPS) is 14.8. The van der Waals surface area contributed by atoms with Crippen LogP contribution in [-0.2, 0) is 9.59 Å². The highest BCUT2D eigenvalue weighted by Crippen LogP contribution is 2.32. The molecule has 1 heterocycles. The van der Waals surface area contributed by atoms with Gasteiger partial charge in [0.25, 0.3) is 0 Å². The lowest BCUT2D eigenvalue weighted by Crippen LogP contribution is -2.39. The molecule has 2 N–H and O–H groups in total. The molecule has 2 amide bonds. The number of hydrogen-bond acceptors (Lipinski definition) is 5. The summed E-state index contributed by atoms with van der Waals surface area (Å²) in [6.07, 6.45) is 2.33. The molecule has 3 rings (SSSR count). The molecule has 1 aliphatic rings. The van der Waals surface area contributed by atoms with Crippen molar-refractivity contribution in [2.24, 2.45) is 0 Å². The minimum Gasteiger partial charge on any atom is -0.493 e. The third-order valence-electron chi connectivity index (χ3n) is 4.60. The average Bonchev–Trinajstić information content (AvgIpc) is 2.77. The first-order valence-corrected chi connectivity index (χ1v) is 10.4. The smallest absolute Gasteiger partial charge is 0.313 e. The Labute approximate surface area is 176 Å². The molecular weight excluding hydrogens is 384 g/mol. The fourth-order valence-corrected chi connectivity index (χ4v) is 3.15. The number of para-hydroxylation sites is 1. The van der Waals surface area contributed by atoms with Gasteiger partial charge in [-0.25, -0.2) is 0 Å². The lowest BCUT2D eigenvalue weighted by Gasteiger charge is -2.26. The van der Waals surface area contributed by atoms with Crippen molar-refractivity contribution in [2.75, 3.05) is 25.1 Å². The van der Waals surface area contributed by atoms with Gasteiger partial charge in [0.2, 0.25) is 0 Å². The Hall–Kier alpha value is -3.22. The van der Waals surface area contributed by atoms with Crippen molar-refractivity contribution in [3.05, 3.63) is 48.0 Å². The van der Waals surface area contributed by atoms with E-state index in [9.17, 15) is 9.59 Å². The summed E-state index contributed by atoms with van der Waals surface area (Å²) in [7, 11) is 0. The molecule has 30 heavy (non-hydrogen) atoms. The van der Waals surface area contributed by atoms with E-state index in [0.717, 1.165) is 24.2 Å². The molecule has 1 aliphatic heterocycles. The van der Waals surface area contributed by atoms with Crippen LogP contribution in [0.2, 0.25) is 0 Å². The van der Waals surface area contributed by atoms with Gasteiger partial charge in [0.05, 0.1) is 25.9 Å². The number of nitrogens with one attached hydrogen (secondary N) is 2. The molecule has 2 aromatic carbocycles. The van der Waals surface area contributed by atoms with E-state index in [0.29, 0.717) is 43.4 Å². The molecule has 0 aliphatic carbocycles. The predicted molar refractivity (Wildman–Crippen MR) is 114 cm³/mol. The number of anilines is 1. The van der Waals surface area contributed by atoms with Crippen molar-refractivity contribution in [1.29, 1.82) is 0 Å². The van der Waals surface area contributed by atoms with Gasteiger partial charge in [-0.1, -0.05) is 32.0 Å². The molecule has 160 valence electrons. The third kappa shape index (κ3) is 5.43. The van der Waals surface area contributed by atoms with Gasteiger partial charge in [0.15, 0.2) is 11.5 Å². The first kappa shape index (κ1) is 21.5. The van der Waals surface area contributed by atoms with Gasteiger partial charge in [-0.3, -0.25) is 9.59 Å². The van der Waals surface area contributed by atoms with E-state index in [1.165, 1.54) is 0 Å². The number of carbonyl (C=O) groups is 2. The van der Waals surface area contributed by atoms with E-state index in [1.54, 1.807) is 18.2 Å². The van der Waals surface area contributed by atoms with Gasteiger partial charge in [0.1, 0.15) is 5.75 Å². The first-order chi connectivity index (χ1) is 14.6. The van der Waals surface area contributed by atoms with Crippen LogP contribution in [-0.4, -0.2) is 31.6 Å². The van der Waals surface area contributed by atoms with Crippen molar-refractivity contribution in [3.8, 4) is 17.2 Å². The fourth-order valence-electron chi connectivity index (χ4n) is 3.15. The summed E-state index contributed by atoms with van der Waals surface area (Å²) < 4.78 is 17.0. The van der Waals surface area contributed by atoms with Crippen molar-refractivity contribution in [2.45, 2.75) is 39.2 Å². The van der Waals surface area contributed by atoms with Crippen LogP contribution in [0.4, 0.5) is 5.69 Å². The van der Waals surface area contributed by atoms with Crippen LogP contribution in [0.25, 0.3) is 0 Å². The van der Waals surface area contributed by atoms with Crippen LogP contribution >= 0.6 is 0 Å². The highest BCUT2D eigenvalue weighted by atomic mass is 16.5. The standard InChI is InChI=1S/C23H28N2O5/c1-3-12-28-20-10-9-16(15-21(20)29-13-4-2)24-22(26)23(27)25-18-11-14-30-19-8-6-5-7-17(18)19/h5-10,15,18H,3-4,11-14H2,1-2H3,(H,24,26)(H,25,27)/t18-/m1/s1. The second kappa shape index (κ2) is 10.5. The fraction of sp³-hybridized carbons (Fsp3) is 0.391. The minimum absolute atomic E-state index is 0.263. The molecule has 0 unspecified atom stereocenters. The Bertz CT molecular complexity index is 884. The summed E-state index contributed by atoms with van der Waals surface area (Å²) in [6, 6.07) is 12.4. The Kier molecular flexibility index (Phi) is 7.54. The average molecular weight is 412 g/mol. The molecule has 0 spiro atoms. The van der Waals surface area contributed by atoms with Crippen LogP contribution in [0.15, 0.2) is 42.5 Å². The number of carbonyl (C=O) groups excluding carboxylic acids is 2. The number of rotatable bonds is 8. The molecule has 0 bridgehead atoms. The van der Waals surface area contributed by atoms with Gasteiger partial charge >= 0.3 is 11.8 Å². The van der Waals surface area contributed by atoms with Gasteiger partial charge in [-0.2, -0.15) is 0 Å². The van der Waals surface area contributed by atoms with Crippen molar-refractivity contribution < 1.29 is 23.8 Å². The van der Waals surface area contributed by atoms with Crippen LogP contribution in [0, 0.1) is 0 Å². The number of amides is 2. The predicted octanol–water partition coefficient (Wildman–Crippen LogP) is 3.84. The Morgan fingerprint density at radius 3 is 2.50 bits per heavy atom. The molecule has 0 saturated carbocycles. The number of fused-ring (bicyclic) bond motifs is 1. The zero-order valence-electron chi connectivity index (χ0n) is 17.4. The van der Waals surface area contributed by atoms with Crippen molar-refractivity contribution in [1.82, 2.24) is 5.32 Å². The quantitative estimate of drug-likeness (QED) is 0.644. The summed E-state index contributed by atoms with van der Waals surface area (Å²) >= 11 is 0. The van der Waals surface area contributed by atoms with Crippen LogP contribution in [0.1, 0.15) is 44.7 Å². The summed E-state index contributed by atoms with van der Waals surface area (Å²) in [5.74, 6) is 0.463. The van der Waals surface area contributed by atoms with Gasteiger partial charge in [-0.05, 0) is 31.0 Å². The van der Waals surface area contributed by atoms with Crippen LogP contribution in [0.3, 0.4) is 0 Å². The van der Waals surface area contributed by atoms with Gasteiger partial charge in [0, 0.05) is 23.7 Å². The summed E-state index contributed by atoms with van der Waals surface area (Å²) in [4.78, 5) is 24.9. The molecule has 0 saturated heterocycles. The van der Waals surface area contributed by atoms with Crippen LogP contribution in [0.5, 0.6) is 17.2 Å². The molecule has 0 fully saturated rings. The second-order valence-electron chi connectivity index (χ2n) is 7.01. The molecule has 0 radical (unpaired) electrons. The summed E-state index contributed by atoms with van der Waals surface area (Å²) in [6.45, 7) is 5.63. The second-order valence-corrected chi connectivity index (χ2v) is 7.01. The number of hydrogen-bond donors (Lipinski definition) is 2. The summed E-state index contributed by atoms with van der Waals surface area (Å²) in [5.41, 5.74) is 1.34. The van der Waals surface area contributed by atoms with Crippen LogP contribution < -0.4 is 24.8 Å². The maximum Gasteiger partial charge on any atom is 0.313 e.